The first-order valence-electron chi connectivity index (χ1n) is 6.42. The van der Waals surface area contributed by atoms with Gasteiger partial charge in [0, 0.05) is 12.6 Å². The number of nitrogens with one attached hydrogen (secondary N) is 1. The summed E-state index contributed by atoms with van der Waals surface area (Å²) in [6, 6.07) is 0.678. The molecule has 14 heavy (non-hydrogen) atoms. The minimum absolute atomic E-state index is 0.678. The van der Waals surface area contributed by atoms with E-state index in [0.29, 0.717) is 6.04 Å². The van der Waals surface area contributed by atoms with Crippen molar-refractivity contribution in [2.24, 2.45) is 28.6 Å². The zero-order valence-electron chi connectivity index (χ0n) is 9.34. The lowest BCUT2D eigenvalue weighted by Gasteiger charge is -2.91. The van der Waals surface area contributed by atoms with Crippen LogP contribution in [0.4, 0.5) is 0 Å². The average molecular weight is 191 g/mol. The molecule has 78 valence electrons. The third kappa shape index (κ3) is 0.553. The number of hydrogen-bond acceptors (Lipinski definition) is 1. The van der Waals surface area contributed by atoms with Crippen LogP contribution in [0.2, 0.25) is 0 Å². The maximum absolute atomic E-state index is 3.69. The molecule has 2 atom stereocenters. The monoisotopic (exact) mass is 191 g/mol. The third-order valence-electron chi connectivity index (χ3n) is 6.21. The average Bonchev–Trinajstić information content (AvgIpc) is 1.97. The Balaban J connectivity index is 1.52. The summed E-state index contributed by atoms with van der Waals surface area (Å²) in [5.41, 5.74) is 1.72. The Bertz CT molecular complexity index is 268. The summed E-state index contributed by atoms with van der Waals surface area (Å²) < 4.78 is 0. The molecule has 0 aliphatic heterocycles. The number of rotatable bonds is 3. The Labute approximate surface area is 86.6 Å². The number of hydrogen-bond donors (Lipinski definition) is 1. The van der Waals surface area contributed by atoms with Crippen molar-refractivity contribution in [3.05, 3.63) is 0 Å². The van der Waals surface area contributed by atoms with Gasteiger partial charge in [-0.05, 0) is 54.3 Å². The van der Waals surface area contributed by atoms with Gasteiger partial charge in [-0.15, -0.1) is 0 Å². The van der Waals surface area contributed by atoms with E-state index in [1.165, 1.54) is 24.3 Å². The molecule has 0 aromatic rings. The highest BCUT2D eigenvalue weighted by molar-refractivity contribution is 5.35. The highest BCUT2D eigenvalue weighted by Crippen LogP contribution is 2.92. The van der Waals surface area contributed by atoms with E-state index in [1.54, 1.807) is 25.7 Å². The fourth-order valence-corrected chi connectivity index (χ4v) is 5.86. The Morgan fingerprint density at radius 2 is 1.79 bits per heavy atom. The van der Waals surface area contributed by atoms with Crippen LogP contribution < -0.4 is 5.32 Å². The summed E-state index contributed by atoms with van der Waals surface area (Å²) in [7, 11) is 0. The minimum atomic E-state index is 0.678. The topological polar surface area (TPSA) is 12.0 Å². The molecule has 4 aliphatic carbocycles. The van der Waals surface area contributed by atoms with E-state index in [2.05, 4.69) is 19.2 Å². The fourth-order valence-electron chi connectivity index (χ4n) is 5.86. The van der Waals surface area contributed by atoms with Crippen molar-refractivity contribution < 1.29 is 0 Å². The molecule has 1 spiro atoms. The van der Waals surface area contributed by atoms with Gasteiger partial charge in [0.15, 0.2) is 0 Å². The van der Waals surface area contributed by atoms with Crippen LogP contribution in [0.3, 0.4) is 0 Å². The Hall–Kier alpha value is -0.0400. The van der Waals surface area contributed by atoms with Crippen LogP contribution in [0.15, 0.2) is 0 Å². The van der Waals surface area contributed by atoms with Gasteiger partial charge in [0.2, 0.25) is 0 Å². The first-order chi connectivity index (χ1) is 6.69. The smallest absolute Gasteiger partial charge is 0.00160 e. The molecule has 2 unspecified atom stereocenters. The van der Waals surface area contributed by atoms with Crippen LogP contribution in [0.5, 0.6) is 0 Å². The summed E-state index contributed by atoms with van der Waals surface area (Å²) >= 11 is 0. The molecule has 1 heteroatoms. The first-order valence-corrected chi connectivity index (χ1v) is 6.42. The second-order valence-electron chi connectivity index (χ2n) is 6.72. The van der Waals surface area contributed by atoms with Gasteiger partial charge in [0.1, 0.15) is 0 Å². The van der Waals surface area contributed by atoms with Crippen LogP contribution in [-0.4, -0.2) is 12.6 Å². The largest absolute Gasteiger partial charge is 0.314 e. The normalized spacial score (nSPS) is 61.5. The fraction of sp³-hybridized carbons (Fsp3) is 1.00. The Kier molecular flexibility index (Phi) is 1.20. The molecular formula is C13H21N. The van der Waals surface area contributed by atoms with Gasteiger partial charge in [-0.2, -0.15) is 0 Å². The van der Waals surface area contributed by atoms with Crippen LogP contribution in [-0.2, 0) is 0 Å². The van der Waals surface area contributed by atoms with E-state index in [9.17, 15) is 0 Å². The zero-order valence-corrected chi connectivity index (χ0v) is 9.34. The lowest BCUT2D eigenvalue weighted by atomic mass is 9.13. The third-order valence-corrected chi connectivity index (χ3v) is 6.21. The predicted molar refractivity (Wildman–Crippen MR) is 56.9 cm³/mol. The lowest BCUT2D eigenvalue weighted by molar-refractivity contribution is -0.429. The van der Waals surface area contributed by atoms with Gasteiger partial charge in [-0.25, -0.2) is 0 Å². The minimum Gasteiger partial charge on any atom is -0.314 e. The predicted octanol–water partition coefficient (Wildman–Crippen LogP) is 2.42. The molecule has 0 heterocycles. The van der Waals surface area contributed by atoms with Gasteiger partial charge < -0.3 is 5.32 Å². The SMILES string of the molecule is CC(C)NCC12CC3CC4CC(C1)C432. The van der Waals surface area contributed by atoms with Crippen LogP contribution >= 0.6 is 0 Å². The van der Waals surface area contributed by atoms with E-state index in [1.807, 2.05) is 0 Å². The van der Waals surface area contributed by atoms with Gasteiger partial charge >= 0.3 is 0 Å². The van der Waals surface area contributed by atoms with E-state index >= 15 is 0 Å². The molecule has 4 saturated carbocycles. The van der Waals surface area contributed by atoms with Gasteiger partial charge in [0.25, 0.3) is 0 Å². The summed E-state index contributed by atoms with van der Waals surface area (Å²) in [5.74, 6) is 3.52. The van der Waals surface area contributed by atoms with Crippen LogP contribution in [0.1, 0.15) is 39.5 Å². The van der Waals surface area contributed by atoms with E-state index in [4.69, 9.17) is 0 Å². The summed E-state index contributed by atoms with van der Waals surface area (Å²) in [6.07, 6.45) is 6.33. The van der Waals surface area contributed by atoms with E-state index < -0.39 is 0 Å². The maximum Gasteiger partial charge on any atom is 0.00160 e. The molecule has 1 N–H and O–H groups in total. The lowest BCUT2D eigenvalue weighted by Crippen LogP contribution is -2.87. The van der Waals surface area contributed by atoms with Gasteiger partial charge in [-0.1, -0.05) is 13.8 Å². The highest BCUT2D eigenvalue weighted by atomic mass is 15.0. The van der Waals surface area contributed by atoms with E-state index in [0.717, 1.165) is 10.8 Å². The molecule has 4 rings (SSSR count). The molecule has 0 saturated heterocycles. The highest BCUT2D eigenvalue weighted by Gasteiger charge is 2.86. The second-order valence-corrected chi connectivity index (χ2v) is 6.72. The van der Waals surface area contributed by atoms with Crippen molar-refractivity contribution in [3.63, 3.8) is 0 Å². The van der Waals surface area contributed by atoms with Gasteiger partial charge in [0.05, 0.1) is 0 Å². The second kappa shape index (κ2) is 2.07. The van der Waals surface area contributed by atoms with E-state index in [-0.39, 0.29) is 0 Å². The quantitative estimate of drug-likeness (QED) is 0.722. The Morgan fingerprint density at radius 3 is 2.21 bits per heavy atom. The van der Waals surface area contributed by atoms with Crippen molar-refractivity contribution in [2.45, 2.75) is 45.6 Å². The zero-order chi connectivity index (χ0) is 9.55. The molecule has 0 radical (unpaired) electrons. The molecule has 4 fully saturated rings. The summed E-state index contributed by atoms with van der Waals surface area (Å²) in [6.45, 7) is 5.88. The summed E-state index contributed by atoms with van der Waals surface area (Å²) in [4.78, 5) is 0. The van der Waals surface area contributed by atoms with Crippen molar-refractivity contribution in [1.82, 2.24) is 5.32 Å². The van der Waals surface area contributed by atoms with Crippen molar-refractivity contribution in [1.29, 1.82) is 0 Å². The molecule has 4 aliphatic rings. The van der Waals surface area contributed by atoms with Crippen molar-refractivity contribution in [2.75, 3.05) is 6.54 Å². The maximum atomic E-state index is 3.69. The molecular weight excluding hydrogens is 170 g/mol. The molecule has 0 bridgehead atoms. The van der Waals surface area contributed by atoms with Crippen LogP contribution in [0, 0.1) is 28.6 Å². The molecule has 0 aromatic heterocycles. The molecule has 0 amide bonds. The van der Waals surface area contributed by atoms with Crippen molar-refractivity contribution in [3.8, 4) is 0 Å². The van der Waals surface area contributed by atoms with Crippen molar-refractivity contribution >= 4 is 0 Å². The first kappa shape index (κ1) is 8.15. The van der Waals surface area contributed by atoms with Crippen LogP contribution in [0.25, 0.3) is 0 Å². The summed E-state index contributed by atoms with van der Waals surface area (Å²) in [5, 5.41) is 3.69. The molecule has 0 aromatic carbocycles. The Morgan fingerprint density at radius 1 is 1.14 bits per heavy atom. The van der Waals surface area contributed by atoms with Gasteiger partial charge in [-0.3, -0.25) is 0 Å². The molecule has 1 nitrogen and oxygen atoms in total. The standard InChI is InChI=1S/C13H21N/c1-8(2)14-7-12-5-10-3-9-4-11(6-12)13(9,10)12/h8-11,14H,3-7H2,1-2H3.